The number of rotatable bonds is 4. The van der Waals surface area contributed by atoms with E-state index in [9.17, 15) is 0 Å². The Morgan fingerprint density at radius 3 is 2.59 bits per heavy atom. The predicted molar refractivity (Wildman–Crippen MR) is 74.2 cm³/mol. The number of hydrogen-bond acceptors (Lipinski definition) is 2. The van der Waals surface area contributed by atoms with E-state index in [1.165, 1.54) is 45.4 Å². The molecule has 0 spiro atoms. The molecule has 0 saturated carbocycles. The lowest BCUT2D eigenvalue weighted by molar-refractivity contribution is 0.0935. The maximum atomic E-state index is 3.59. The predicted octanol–water partition coefficient (Wildman–Crippen LogP) is 2.74. The van der Waals surface area contributed by atoms with Gasteiger partial charge in [-0.05, 0) is 49.6 Å². The van der Waals surface area contributed by atoms with Crippen molar-refractivity contribution in [1.82, 2.24) is 10.2 Å². The summed E-state index contributed by atoms with van der Waals surface area (Å²) in [7, 11) is 0. The molecular formula is C15H30N2. The highest BCUT2D eigenvalue weighted by atomic mass is 15.2. The first-order valence-electron chi connectivity index (χ1n) is 7.50. The van der Waals surface area contributed by atoms with Crippen molar-refractivity contribution in [3.8, 4) is 0 Å². The van der Waals surface area contributed by atoms with Crippen LogP contribution in [0, 0.1) is 17.3 Å². The van der Waals surface area contributed by atoms with Crippen LogP contribution in [0.3, 0.4) is 0 Å². The molecule has 2 aliphatic heterocycles. The summed E-state index contributed by atoms with van der Waals surface area (Å²) in [6.45, 7) is 14.7. The smallest absolute Gasteiger partial charge is 0.0119 e. The lowest BCUT2D eigenvalue weighted by Gasteiger charge is -2.40. The van der Waals surface area contributed by atoms with Crippen LogP contribution in [-0.4, -0.2) is 37.1 Å². The number of nitrogens with one attached hydrogen (secondary N) is 1. The molecule has 2 heteroatoms. The van der Waals surface area contributed by atoms with E-state index < -0.39 is 0 Å². The molecule has 0 bridgehead atoms. The van der Waals surface area contributed by atoms with Gasteiger partial charge >= 0.3 is 0 Å². The van der Waals surface area contributed by atoms with E-state index in [0.717, 1.165) is 17.9 Å². The lowest BCUT2D eigenvalue weighted by Crippen LogP contribution is -2.45. The number of nitrogens with zero attached hydrogens (tertiary/aromatic N) is 1. The van der Waals surface area contributed by atoms with E-state index in [-0.39, 0.29) is 0 Å². The molecule has 2 unspecified atom stereocenters. The Morgan fingerprint density at radius 1 is 1.29 bits per heavy atom. The van der Waals surface area contributed by atoms with Gasteiger partial charge in [-0.1, -0.05) is 27.7 Å². The largest absolute Gasteiger partial charge is 0.316 e. The molecule has 1 N–H and O–H groups in total. The third-order valence-corrected chi connectivity index (χ3v) is 5.20. The van der Waals surface area contributed by atoms with E-state index >= 15 is 0 Å². The van der Waals surface area contributed by atoms with Crippen molar-refractivity contribution in [1.29, 1.82) is 0 Å². The van der Waals surface area contributed by atoms with E-state index in [0.29, 0.717) is 5.41 Å². The van der Waals surface area contributed by atoms with Crippen molar-refractivity contribution in [2.45, 2.75) is 53.0 Å². The first kappa shape index (κ1) is 13.4. The molecule has 0 radical (unpaired) electrons. The fourth-order valence-electron chi connectivity index (χ4n) is 3.78. The molecule has 2 rings (SSSR count). The van der Waals surface area contributed by atoms with Crippen molar-refractivity contribution in [3.05, 3.63) is 0 Å². The third kappa shape index (κ3) is 2.68. The third-order valence-electron chi connectivity index (χ3n) is 5.20. The minimum atomic E-state index is 0.539. The van der Waals surface area contributed by atoms with Crippen molar-refractivity contribution in [2.24, 2.45) is 17.3 Å². The second kappa shape index (κ2) is 5.27. The SMILES string of the molecule is CC(C)C1CCCN1CC1(C(C)C)CCNC1. The van der Waals surface area contributed by atoms with Gasteiger partial charge in [-0.25, -0.2) is 0 Å². The Balaban J connectivity index is 2.03. The van der Waals surface area contributed by atoms with Crippen molar-refractivity contribution >= 4 is 0 Å². The van der Waals surface area contributed by atoms with Crippen LogP contribution in [0.2, 0.25) is 0 Å². The first-order chi connectivity index (χ1) is 8.05. The molecule has 2 nitrogen and oxygen atoms in total. The molecule has 2 aliphatic rings. The minimum Gasteiger partial charge on any atom is -0.316 e. The normalized spacial score (nSPS) is 35.3. The molecular weight excluding hydrogens is 208 g/mol. The summed E-state index contributed by atoms with van der Waals surface area (Å²) in [5.74, 6) is 1.61. The van der Waals surface area contributed by atoms with Crippen molar-refractivity contribution < 1.29 is 0 Å². The zero-order valence-corrected chi connectivity index (χ0v) is 12.1. The van der Waals surface area contributed by atoms with Gasteiger partial charge in [0.25, 0.3) is 0 Å². The van der Waals surface area contributed by atoms with Gasteiger partial charge in [0.15, 0.2) is 0 Å². The Morgan fingerprint density at radius 2 is 2.06 bits per heavy atom. The van der Waals surface area contributed by atoms with Crippen LogP contribution in [0.5, 0.6) is 0 Å². The molecule has 2 atom stereocenters. The Bertz CT molecular complexity index is 241. The van der Waals surface area contributed by atoms with Gasteiger partial charge in [0.05, 0.1) is 0 Å². The van der Waals surface area contributed by atoms with E-state index in [1.807, 2.05) is 0 Å². The van der Waals surface area contributed by atoms with Crippen molar-refractivity contribution in [2.75, 3.05) is 26.2 Å². The van der Waals surface area contributed by atoms with Crippen LogP contribution in [0.1, 0.15) is 47.0 Å². The van der Waals surface area contributed by atoms with Crippen LogP contribution >= 0.6 is 0 Å². The molecule has 2 fully saturated rings. The molecule has 0 aromatic heterocycles. The van der Waals surface area contributed by atoms with Crippen LogP contribution in [0.4, 0.5) is 0 Å². The van der Waals surface area contributed by atoms with Gasteiger partial charge < -0.3 is 5.32 Å². The van der Waals surface area contributed by atoms with E-state index in [4.69, 9.17) is 0 Å². The van der Waals surface area contributed by atoms with Gasteiger partial charge in [0, 0.05) is 19.1 Å². The van der Waals surface area contributed by atoms with Gasteiger partial charge in [-0.2, -0.15) is 0 Å². The summed E-state index contributed by atoms with van der Waals surface area (Å²) in [5, 5.41) is 3.59. The Kier molecular flexibility index (Phi) is 4.14. The molecule has 2 heterocycles. The van der Waals surface area contributed by atoms with Gasteiger partial charge in [0.1, 0.15) is 0 Å². The second-order valence-electron chi connectivity index (χ2n) is 6.87. The standard InChI is InChI=1S/C15H30N2/c1-12(2)14-6-5-9-17(14)11-15(13(3)4)7-8-16-10-15/h12-14,16H,5-11H2,1-4H3. The van der Waals surface area contributed by atoms with Gasteiger partial charge in [-0.15, -0.1) is 0 Å². The Hall–Kier alpha value is -0.0800. The average Bonchev–Trinajstić information content (AvgIpc) is 2.87. The summed E-state index contributed by atoms with van der Waals surface area (Å²) in [6, 6.07) is 0.839. The topological polar surface area (TPSA) is 15.3 Å². The van der Waals surface area contributed by atoms with Gasteiger partial charge in [-0.3, -0.25) is 4.90 Å². The monoisotopic (exact) mass is 238 g/mol. The first-order valence-corrected chi connectivity index (χ1v) is 7.50. The van der Waals surface area contributed by atoms with E-state index in [2.05, 4.69) is 37.9 Å². The highest BCUT2D eigenvalue weighted by molar-refractivity contribution is 4.95. The maximum Gasteiger partial charge on any atom is 0.0119 e. The van der Waals surface area contributed by atoms with Crippen LogP contribution in [0.15, 0.2) is 0 Å². The van der Waals surface area contributed by atoms with E-state index in [1.54, 1.807) is 0 Å². The molecule has 17 heavy (non-hydrogen) atoms. The van der Waals surface area contributed by atoms with Gasteiger partial charge in [0.2, 0.25) is 0 Å². The highest BCUT2D eigenvalue weighted by Gasteiger charge is 2.41. The average molecular weight is 238 g/mol. The highest BCUT2D eigenvalue weighted by Crippen LogP contribution is 2.37. The summed E-state index contributed by atoms with van der Waals surface area (Å²) < 4.78 is 0. The summed E-state index contributed by atoms with van der Waals surface area (Å²) in [5.41, 5.74) is 0.539. The van der Waals surface area contributed by atoms with Crippen molar-refractivity contribution in [3.63, 3.8) is 0 Å². The summed E-state index contributed by atoms with van der Waals surface area (Å²) in [6.07, 6.45) is 4.19. The Labute approximate surface area is 107 Å². The maximum absolute atomic E-state index is 3.59. The molecule has 0 aromatic rings. The minimum absolute atomic E-state index is 0.539. The second-order valence-corrected chi connectivity index (χ2v) is 6.87. The summed E-state index contributed by atoms with van der Waals surface area (Å²) >= 11 is 0. The zero-order valence-electron chi connectivity index (χ0n) is 12.1. The molecule has 100 valence electrons. The zero-order chi connectivity index (χ0) is 12.5. The lowest BCUT2D eigenvalue weighted by atomic mass is 9.75. The number of hydrogen-bond donors (Lipinski definition) is 1. The fourth-order valence-corrected chi connectivity index (χ4v) is 3.78. The molecule has 0 aliphatic carbocycles. The summed E-state index contributed by atoms with van der Waals surface area (Å²) in [4.78, 5) is 2.79. The molecule has 0 aromatic carbocycles. The molecule has 2 saturated heterocycles. The quantitative estimate of drug-likeness (QED) is 0.810. The van der Waals surface area contributed by atoms with Crippen LogP contribution in [-0.2, 0) is 0 Å². The fraction of sp³-hybridized carbons (Fsp3) is 1.00. The van der Waals surface area contributed by atoms with Crippen LogP contribution < -0.4 is 5.32 Å². The van der Waals surface area contributed by atoms with Crippen LogP contribution in [0.25, 0.3) is 0 Å². The molecule has 0 amide bonds. The number of likely N-dealkylation sites (tertiary alicyclic amines) is 1.